The van der Waals surface area contributed by atoms with Crippen LogP contribution < -0.4 is 0 Å². The molecule has 4 N–H and O–H groups in total. The van der Waals surface area contributed by atoms with Crippen molar-refractivity contribution in [2.24, 2.45) is 5.92 Å². The Bertz CT molecular complexity index is 891. The summed E-state index contributed by atoms with van der Waals surface area (Å²) in [6.07, 6.45) is 28.4. The number of hydrogen-bond acceptors (Lipinski definition) is 11. The molecule has 0 heterocycles. The van der Waals surface area contributed by atoms with Crippen molar-refractivity contribution in [1.29, 1.82) is 0 Å². The van der Waals surface area contributed by atoms with Gasteiger partial charge in [0.15, 0.2) is 5.92 Å². The Morgan fingerprint density at radius 2 is 0.633 bits per heavy atom. The number of carbonyl (C=O) groups is 3. The zero-order valence-corrected chi connectivity index (χ0v) is 41.2. The van der Waals surface area contributed by atoms with Crippen LogP contribution in [-0.4, -0.2) is 121 Å². The van der Waals surface area contributed by atoms with Crippen molar-refractivity contribution >= 4 is 39.5 Å². The van der Waals surface area contributed by atoms with E-state index in [1.54, 1.807) is 0 Å². The molecular weight excluding hydrogens is 793 g/mol. The third kappa shape index (κ3) is 35.9. The minimum atomic E-state index is -1.35. The summed E-state index contributed by atoms with van der Waals surface area (Å²) >= 11 is 1.98. The van der Waals surface area contributed by atoms with Gasteiger partial charge in [0.2, 0.25) is 10.2 Å². The minimum absolute atomic E-state index is 0.356. The van der Waals surface area contributed by atoms with E-state index in [4.69, 9.17) is 0 Å². The highest BCUT2D eigenvalue weighted by Gasteiger charge is 2.32. The Morgan fingerprint density at radius 1 is 0.400 bits per heavy atom. The largest absolute Gasteiger partial charge is 0.392 e. The standard InChI is InChI=1S/C49H96N2O7S2/c1-6-10-14-18-22-26-30-43(53)38-50(39-44(54)31-27-23-19-15-11-7-2)34-36-59-48(57)47(42(5)52)49(58)60-37-35-51(40-45(55)32-28-24-20-16-12-8-3)41-46(56)33-29-25-21-17-13-9-4/h43-47,53-56H,6-41H2,1-5H3. The van der Waals surface area contributed by atoms with Crippen LogP contribution in [0.25, 0.3) is 0 Å². The van der Waals surface area contributed by atoms with Gasteiger partial charge in [0.05, 0.1) is 24.4 Å². The molecule has 0 amide bonds. The first-order valence-corrected chi connectivity index (χ1v) is 27.0. The second-order valence-corrected chi connectivity index (χ2v) is 19.9. The number of nitrogens with zero attached hydrogens (tertiary/aromatic N) is 2. The minimum Gasteiger partial charge on any atom is -0.392 e. The van der Waals surface area contributed by atoms with Gasteiger partial charge in [-0.2, -0.15) is 0 Å². The fourth-order valence-corrected chi connectivity index (χ4v) is 9.91. The van der Waals surface area contributed by atoms with Gasteiger partial charge in [-0.05, 0) is 32.6 Å². The number of carbonyl (C=O) groups excluding carboxylic acids is 3. The molecule has 0 bridgehead atoms. The number of Topliss-reactive ketones (excluding diaryl/α,β-unsaturated/α-hetero) is 1. The van der Waals surface area contributed by atoms with Gasteiger partial charge in [0.1, 0.15) is 5.78 Å². The molecule has 60 heavy (non-hydrogen) atoms. The summed E-state index contributed by atoms with van der Waals surface area (Å²) in [4.78, 5) is 43.6. The van der Waals surface area contributed by atoms with Crippen molar-refractivity contribution in [1.82, 2.24) is 9.80 Å². The Balaban J connectivity index is 5.29. The Morgan fingerprint density at radius 3 is 0.867 bits per heavy atom. The second-order valence-electron chi connectivity index (χ2n) is 17.7. The van der Waals surface area contributed by atoms with Crippen LogP contribution in [-0.2, 0) is 14.4 Å². The lowest BCUT2D eigenvalue weighted by Gasteiger charge is -2.27. The number of aliphatic hydroxyl groups is 4. The Kier molecular flexibility index (Phi) is 42.0. The molecule has 0 aromatic heterocycles. The van der Waals surface area contributed by atoms with Crippen molar-refractivity contribution in [2.75, 3.05) is 50.8 Å². The van der Waals surface area contributed by atoms with Gasteiger partial charge >= 0.3 is 0 Å². The third-order valence-corrected chi connectivity index (χ3v) is 13.4. The van der Waals surface area contributed by atoms with Crippen molar-refractivity contribution in [3.8, 4) is 0 Å². The van der Waals surface area contributed by atoms with Crippen molar-refractivity contribution in [2.45, 2.75) is 239 Å². The summed E-state index contributed by atoms with van der Waals surface area (Å²) in [5.41, 5.74) is 0. The quantitative estimate of drug-likeness (QED) is 0.0343. The second kappa shape index (κ2) is 42.4. The van der Waals surface area contributed by atoms with E-state index in [-0.39, 0.29) is 0 Å². The highest BCUT2D eigenvalue weighted by Crippen LogP contribution is 2.22. The van der Waals surface area contributed by atoms with E-state index < -0.39 is 46.3 Å². The Hall–Kier alpha value is -0.530. The van der Waals surface area contributed by atoms with Crippen LogP contribution in [0, 0.1) is 5.92 Å². The molecule has 356 valence electrons. The molecular formula is C49H96N2O7S2. The van der Waals surface area contributed by atoms with Crippen molar-refractivity contribution in [3.05, 3.63) is 0 Å². The maximum Gasteiger partial charge on any atom is 0.207 e. The Labute approximate surface area is 378 Å². The number of aliphatic hydroxyl groups excluding tert-OH is 4. The maximum atomic E-state index is 13.4. The van der Waals surface area contributed by atoms with Gasteiger partial charge in [-0.3, -0.25) is 24.2 Å². The number of hydrogen-bond donors (Lipinski definition) is 4. The summed E-state index contributed by atoms with van der Waals surface area (Å²) in [7, 11) is 0. The van der Waals surface area contributed by atoms with Crippen LogP contribution in [0.4, 0.5) is 0 Å². The molecule has 0 saturated carbocycles. The first-order valence-electron chi connectivity index (χ1n) is 25.0. The van der Waals surface area contributed by atoms with Gasteiger partial charge < -0.3 is 20.4 Å². The lowest BCUT2D eigenvalue weighted by Crippen LogP contribution is -2.40. The molecule has 11 heteroatoms. The normalized spacial score (nSPS) is 14.4. The van der Waals surface area contributed by atoms with Gasteiger partial charge in [0, 0.05) is 50.8 Å². The fraction of sp³-hybridized carbons (Fsp3) is 0.939. The molecule has 0 aliphatic rings. The van der Waals surface area contributed by atoms with Crippen molar-refractivity contribution < 1.29 is 34.8 Å². The SMILES string of the molecule is CCCCCCCCC(O)CN(CCSC(=O)C(C(C)=O)C(=O)SCCN(CC(O)CCCCCCCC)CC(O)CCCCCCCC)CC(O)CCCCCCCC. The molecule has 0 spiro atoms. The van der Waals surface area contributed by atoms with E-state index in [0.29, 0.717) is 76.5 Å². The fourth-order valence-electron chi connectivity index (χ4n) is 7.86. The van der Waals surface area contributed by atoms with Gasteiger partial charge in [0.25, 0.3) is 0 Å². The zero-order valence-electron chi connectivity index (χ0n) is 39.6. The number of rotatable bonds is 45. The lowest BCUT2D eigenvalue weighted by atomic mass is 10.1. The number of unbranched alkanes of at least 4 members (excludes halogenated alkanes) is 20. The highest BCUT2D eigenvalue weighted by molar-refractivity contribution is 8.15. The van der Waals surface area contributed by atoms with Crippen LogP contribution >= 0.6 is 23.5 Å². The van der Waals surface area contributed by atoms with Crippen LogP contribution in [0.15, 0.2) is 0 Å². The molecule has 0 aromatic rings. The monoisotopic (exact) mass is 889 g/mol. The molecule has 0 saturated heterocycles. The number of thioether (sulfide) groups is 2. The summed E-state index contributed by atoms with van der Waals surface area (Å²) in [5.74, 6) is -1.11. The topological polar surface area (TPSA) is 139 Å². The third-order valence-electron chi connectivity index (χ3n) is 11.6. The smallest absolute Gasteiger partial charge is 0.207 e. The van der Waals surface area contributed by atoms with Crippen LogP contribution in [0.2, 0.25) is 0 Å². The van der Waals surface area contributed by atoms with E-state index in [0.717, 1.165) is 74.9 Å². The van der Waals surface area contributed by atoms with E-state index in [1.807, 2.05) is 9.80 Å². The lowest BCUT2D eigenvalue weighted by molar-refractivity contribution is -0.132. The summed E-state index contributed by atoms with van der Waals surface area (Å²) in [6.45, 7) is 12.7. The van der Waals surface area contributed by atoms with E-state index in [1.165, 1.54) is 110 Å². The molecule has 9 nitrogen and oxygen atoms in total. The van der Waals surface area contributed by atoms with E-state index in [2.05, 4.69) is 27.7 Å². The van der Waals surface area contributed by atoms with Gasteiger partial charge in [-0.1, -0.05) is 205 Å². The molecule has 0 aliphatic carbocycles. The van der Waals surface area contributed by atoms with E-state index >= 15 is 0 Å². The molecule has 0 fully saturated rings. The molecule has 0 radical (unpaired) electrons. The molecule has 4 atom stereocenters. The predicted octanol–water partition coefficient (Wildman–Crippen LogP) is 10.8. The molecule has 0 aromatic carbocycles. The summed E-state index contributed by atoms with van der Waals surface area (Å²) in [6, 6.07) is 0. The predicted molar refractivity (Wildman–Crippen MR) is 258 cm³/mol. The van der Waals surface area contributed by atoms with Crippen LogP contribution in [0.1, 0.15) is 214 Å². The average Bonchev–Trinajstić information content (AvgIpc) is 3.20. The summed E-state index contributed by atoms with van der Waals surface area (Å²) in [5, 5.41) is 42.8. The van der Waals surface area contributed by atoms with Crippen molar-refractivity contribution in [3.63, 3.8) is 0 Å². The molecule has 0 aliphatic heterocycles. The zero-order chi connectivity index (χ0) is 44.6. The maximum absolute atomic E-state index is 13.4. The first kappa shape index (κ1) is 59.5. The highest BCUT2D eigenvalue weighted by atomic mass is 32.2. The van der Waals surface area contributed by atoms with Crippen LogP contribution in [0.3, 0.4) is 0 Å². The van der Waals surface area contributed by atoms with E-state index in [9.17, 15) is 34.8 Å². The molecule has 0 rings (SSSR count). The first-order chi connectivity index (χ1) is 29.0. The van der Waals surface area contributed by atoms with Gasteiger partial charge in [-0.15, -0.1) is 0 Å². The number of ketones is 1. The average molecular weight is 889 g/mol. The van der Waals surface area contributed by atoms with Crippen LogP contribution in [0.5, 0.6) is 0 Å². The summed E-state index contributed by atoms with van der Waals surface area (Å²) < 4.78 is 0. The molecule has 4 unspecified atom stereocenters. The van der Waals surface area contributed by atoms with Gasteiger partial charge in [-0.25, -0.2) is 0 Å².